The normalized spacial score (nSPS) is 13.2. The molecule has 0 aliphatic rings. The number of methoxy groups -OCH3 is 1. The minimum absolute atomic E-state index is 0.0831. The molecule has 2 N–H and O–H groups in total. The van der Waals surface area contributed by atoms with Crippen molar-refractivity contribution in [3.8, 4) is 5.75 Å². The van der Waals surface area contributed by atoms with E-state index in [1.165, 1.54) is 7.05 Å². The highest BCUT2D eigenvalue weighted by atomic mass is 32.2. The van der Waals surface area contributed by atoms with Crippen LogP contribution in [-0.2, 0) is 16.4 Å². The Morgan fingerprint density at radius 1 is 1.32 bits per heavy atom. The molecule has 6 heteroatoms. The zero-order valence-corrected chi connectivity index (χ0v) is 12.5. The first-order valence-electron chi connectivity index (χ1n) is 6.25. The Hall–Kier alpha value is -1.11. The van der Waals surface area contributed by atoms with Crippen LogP contribution in [0.15, 0.2) is 24.3 Å². The number of hydrogen-bond donors (Lipinski definition) is 2. The Labute approximate surface area is 115 Å². The third kappa shape index (κ3) is 5.59. The van der Waals surface area contributed by atoms with Gasteiger partial charge in [0.15, 0.2) is 0 Å². The van der Waals surface area contributed by atoms with Gasteiger partial charge < -0.3 is 10.1 Å². The lowest BCUT2D eigenvalue weighted by atomic mass is 10.1. The molecule has 0 aliphatic carbocycles. The second-order valence-corrected chi connectivity index (χ2v) is 6.44. The monoisotopic (exact) mass is 286 g/mol. The summed E-state index contributed by atoms with van der Waals surface area (Å²) in [5, 5.41) is 3.20. The summed E-state index contributed by atoms with van der Waals surface area (Å²) in [6.07, 6.45) is 0.795. The lowest BCUT2D eigenvalue weighted by molar-refractivity contribution is 0.406. The topological polar surface area (TPSA) is 67.4 Å². The van der Waals surface area contributed by atoms with Gasteiger partial charge in [0.25, 0.3) is 0 Å². The molecule has 0 amide bonds. The summed E-state index contributed by atoms with van der Waals surface area (Å²) in [7, 11) is -0.0646. The highest BCUT2D eigenvalue weighted by molar-refractivity contribution is 7.89. The number of hydrogen-bond acceptors (Lipinski definition) is 4. The first kappa shape index (κ1) is 15.9. The fourth-order valence-electron chi connectivity index (χ4n) is 1.82. The highest BCUT2D eigenvalue weighted by Crippen LogP contribution is 2.18. The third-order valence-electron chi connectivity index (χ3n) is 2.89. The minimum Gasteiger partial charge on any atom is -0.496 e. The van der Waals surface area contributed by atoms with Crippen molar-refractivity contribution in [1.29, 1.82) is 0 Å². The van der Waals surface area contributed by atoms with E-state index in [-0.39, 0.29) is 11.8 Å². The van der Waals surface area contributed by atoms with Gasteiger partial charge in [0.1, 0.15) is 5.75 Å². The maximum atomic E-state index is 11.3. The van der Waals surface area contributed by atoms with Gasteiger partial charge in [-0.25, -0.2) is 13.1 Å². The van der Waals surface area contributed by atoms with E-state index in [0.717, 1.165) is 17.7 Å². The Balaban J connectivity index is 2.45. The molecule has 0 saturated carbocycles. The molecule has 0 fully saturated rings. The van der Waals surface area contributed by atoms with Crippen LogP contribution in [0.2, 0.25) is 0 Å². The Morgan fingerprint density at radius 2 is 2.00 bits per heavy atom. The average molecular weight is 286 g/mol. The van der Waals surface area contributed by atoms with Crippen molar-refractivity contribution in [2.75, 3.05) is 26.5 Å². The molecule has 19 heavy (non-hydrogen) atoms. The zero-order chi connectivity index (χ0) is 14.3. The van der Waals surface area contributed by atoms with Crippen LogP contribution in [0.25, 0.3) is 0 Å². The van der Waals surface area contributed by atoms with Gasteiger partial charge in [-0.15, -0.1) is 0 Å². The van der Waals surface area contributed by atoms with Crippen LogP contribution in [0.4, 0.5) is 0 Å². The van der Waals surface area contributed by atoms with E-state index in [0.29, 0.717) is 6.54 Å². The molecular weight excluding hydrogens is 264 g/mol. The van der Waals surface area contributed by atoms with Crippen molar-refractivity contribution in [2.24, 2.45) is 0 Å². The second kappa shape index (κ2) is 7.47. The standard InChI is InChI=1S/C13H22N2O3S/c1-11(15-8-9-19(16,17)14-2)10-12-6-4-5-7-13(12)18-3/h4-7,11,14-15H,8-10H2,1-3H3. The van der Waals surface area contributed by atoms with Crippen molar-refractivity contribution in [2.45, 2.75) is 19.4 Å². The molecule has 0 heterocycles. The number of rotatable bonds is 8. The van der Waals surface area contributed by atoms with Gasteiger partial charge >= 0.3 is 0 Å². The van der Waals surface area contributed by atoms with E-state index in [1.54, 1.807) is 7.11 Å². The number of sulfonamides is 1. The maximum Gasteiger partial charge on any atom is 0.212 e. The van der Waals surface area contributed by atoms with E-state index in [2.05, 4.69) is 10.0 Å². The first-order valence-corrected chi connectivity index (χ1v) is 7.90. The summed E-state index contributed by atoms with van der Waals surface area (Å²) in [5.74, 6) is 0.943. The van der Waals surface area contributed by atoms with Crippen LogP contribution in [0.1, 0.15) is 12.5 Å². The number of benzene rings is 1. The largest absolute Gasteiger partial charge is 0.496 e. The molecule has 1 atom stereocenters. The Kier molecular flexibility index (Phi) is 6.27. The summed E-state index contributed by atoms with van der Waals surface area (Å²) in [6, 6.07) is 8.02. The molecule has 1 aromatic carbocycles. The minimum atomic E-state index is -3.14. The van der Waals surface area contributed by atoms with E-state index >= 15 is 0 Å². The predicted molar refractivity (Wildman–Crippen MR) is 77.0 cm³/mol. The molecule has 0 bridgehead atoms. The molecule has 0 saturated heterocycles. The van der Waals surface area contributed by atoms with E-state index in [1.807, 2.05) is 31.2 Å². The summed E-state index contributed by atoms with van der Waals surface area (Å²) in [4.78, 5) is 0. The Morgan fingerprint density at radius 3 is 2.63 bits per heavy atom. The van der Waals surface area contributed by atoms with Crippen molar-refractivity contribution in [3.05, 3.63) is 29.8 Å². The van der Waals surface area contributed by atoms with Crippen molar-refractivity contribution < 1.29 is 13.2 Å². The molecule has 1 aromatic rings. The van der Waals surface area contributed by atoms with Crippen molar-refractivity contribution >= 4 is 10.0 Å². The second-order valence-electron chi connectivity index (χ2n) is 4.39. The maximum absolute atomic E-state index is 11.3. The molecule has 0 aliphatic heterocycles. The summed E-state index contributed by atoms with van der Waals surface area (Å²) < 4.78 is 30.1. The lowest BCUT2D eigenvalue weighted by Gasteiger charge is -2.15. The van der Waals surface area contributed by atoms with E-state index in [4.69, 9.17) is 4.74 Å². The van der Waals surface area contributed by atoms with Crippen LogP contribution < -0.4 is 14.8 Å². The van der Waals surface area contributed by atoms with Gasteiger partial charge in [0.05, 0.1) is 12.9 Å². The van der Waals surface area contributed by atoms with Gasteiger partial charge in [-0.2, -0.15) is 0 Å². The number of ether oxygens (including phenoxy) is 1. The molecule has 5 nitrogen and oxygen atoms in total. The summed E-state index contributed by atoms with van der Waals surface area (Å²) in [5.41, 5.74) is 1.11. The molecule has 0 radical (unpaired) electrons. The van der Waals surface area contributed by atoms with Gasteiger partial charge in [0.2, 0.25) is 10.0 Å². The van der Waals surface area contributed by atoms with Gasteiger partial charge in [-0.3, -0.25) is 0 Å². The van der Waals surface area contributed by atoms with E-state index in [9.17, 15) is 8.42 Å². The van der Waals surface area contributed by atoms with Crippen LogP contribution in [0, 0.1) is 0 Å². The van der Waals surface area contributed by atoms with Crippen LogP contribution in [0.3, 0.4) is 0 Å². The van der Waals surface area contributed by atoms with Gasteiger partial charge in [-0.1, -0.05) is 18.2 Å². The zero-order valence-electron chi connectivity index (χ0n) is 11.6. The van der Waals surface area contributed by atoms with Crippen molar-refractivity contribution in [3.63, 3.8) is 0 Å². The molecule has 1 unspecified atom stereocenters. The fraction of sp³-hybridized carbons (Fsp3) is 0.538. The quantitative estimate of drug-likeness (QED) is 0.740. The van der Waals surface area contributed by atoms with Crippen LogP contribution in [-0.4, -0.2) is 40.9 Å². The number of para-hydroxylation sites is 1. The molecular formula is C13H22N2O3S. The third-order valence-corrected chi connectivity index (χ3v) is 4.26. The molecule has 0 spiro atoms. The highest BCUT2D eigenvalue weighted by Gasteiger charge is 2.10. The SMILES string of the molecule is CNS(=O)(=O)CCNC(C)Cc1ccccc1OC. The molecule has 0 aromatic heterocycles. The van der Waals surface area contributed by atoms with Gasteiger partial charge in [-0.05, 0) is 32.0 Å². The van der Waals surface area contributed by atoms with E-state index < -0.39 is 10.0 Å². The summed E-state index contributed by atoms with van der Waals surface area (Å²) in [6.45, 7) is 2.46. The van der Waals surface area contributed by atoms with Gasteiger partial charge in [0, 0.05) is 12.6 Å². The average Bonchev–Trinajstić information content (AvgIpc) is 2.39. The summed E-state index contributed by atoms with van der Waals surface area (Å²) >= 11 is 0. The molecule has 1 rings (SSSR count). The lowest BCUT2D eigenvalue weighted by Crippen LogP contribution is -2.35. The molecule has 108 valence electrons. The van der Waals surface area contributed by atoms with Crippen LogP contribution >= 0.6 is 0 Å². The number of nitrogens with one attached hydrogen (secondary N) is 2. The van der Waals surface area contributed by atoms with Crippen LogP contribution in [0.5, 0.6) is 5.75 Å². The predicted octanol–water partition coefficient (Wildman–Crippen LogP) is 0.765. The first-order chi connectivity index (χ1) is 8.98. The Bertz CT molecular complexity index is 488. The fourth-order valence-corrected chi connectivity index (χ4v) is 2.41. The smallest absolute Gasteiger partial charge is 0.212 e. The van der Waals surface area contributed by atoms with Crippen molar-refractivity contribution in [1.82, 2.24) is 10.0 Å².